The van der Waals surface area contributed by atoms with Gasteiger partial charge in [0, 0.05) is 12.3 Å². The molecule has 0 unspecified atom stereocenters. The first kappa shape index (κ1) is 11.9. The van der Waals surface area contributed by atoms with E-state index in [-0.39, 0.29) is 5.91 Å². The summed E-state index contributed by atoms with van der Waals surface area (Å²) in [5.74, 6) is 0.379. The van der Waals surface area contributed by atoms with Gasteiger partial charge in [-0.05, 0) is 31.9 Å². The molecule has 0 atom stereocenters. The summed E-state index contributed by atoms with van der Waals surface area (Å²) in [6.07, 6.45) is 3.31. The molecule has 1 amide bonds. The highest BCUT2D eigenvalue weighted by atomic mass is 16.2. The minimum absolute atomic E-state index is 0.151. The zero-order chi connectivity index (χ0) is 13.5. The molecule has 1 aliphatic carbocycles. The van der Waals surface area contributed by atoms with Crippen LogP contribution < -0.4 is 11.1 Å². The largest absolute Gasteiger partial charge is 0.317 e. The van der Waals surface area contributed by atoms with Crippen molar-refractivity contribution in [3.8, 4) is 5.69 Å². The van der Waals surface area contributed by atoms with E-state index in [1.165, 1.54) is 5.56 Å². The van der Waals surface area contributed by atoms with Crippen molar-refractivity contribution in [3.63, 3.8) is 0 Å². The molecule has 19 heavy (non-hydrogen) atoms. The summed E-state index contributed by atoms with van der Waals surface area (Å²) in [5, 5.41) is 7.07. The highest BCUT2D eigenvalue weighted by Crippen LogP contribution is 2.33. The maximum absolute atomic E-state index is 11.8. The number of carbonyl (C=O) groups excluding carboxylic acids is 1. The summed E-state index contributed by atoms with van der Waals surface area (Å²) in [6.45, 7) is 2.04. The molecule has 1 heterocycles. The standard InChI is InChI=1S/C14H16N4O/c1-10-2-4-11(5-3-10)18-9-6-12(17-18)16-13(19)14(15)7-8-14/h2-6,9H,7-8,15H2,1H3,(H,16,17,19). The summed E-state index contributed by atoms with van der Waals surface area (Å²) in [7, 11) is 0. The maximum atomic E-state index is 11.8. The molecule has 1 aromatic carbocycles. The Hall–Kier alpha value is -2.14. The van der Waals surface area contributed by atoms with Crippen molar-refractivity contribution in [2.24, 2.45) is 5.73 Å². The zero-order valence-electron chi connectivity index (χ0n) is 10.8. The lowest BCUT2D eigenvalue weighted by Gasteiger charge is -2.07. The molecular formula is C14H16N4O. The molecule has 0 saturated heterocycles. The Balaban J connectivity index is 1.76. The second-order valence-corrected chi connectivity index (χ2v) is 5.09. The van der Waals surface area contributed by atoms with E-state index in [4.69, 9.17) is 5.73 Å². The minimum Gasteiger partial charge on any atom is -0.317 e. The minimum atomic E-state index is -0.673. The lowest BCUT2D eigenvalue weighted by Crippen LogP contribution is -2.37. The fraction of sp³-hybridized carbons (Fsp3) is 0.286. The number of hydrogen-bond acceptors (Lipinski definition) is 3. The van der Waals surface area contributed by atoms with Crippen molar-refractivity contribution in [3.05, 3.63) is 42.1 Å². The van der Waals surface area contributed by atoms with Crippen LogP contribution in [0.15, 0.2) is 36.5 Å². The van der Waals surface area contributed by atoms with E-state index in [0.29, 0.717) is 5.82 Å². The van der Waals surface area contributed by atoms with E-state index in [9.17, 15) is 4.79 Å². The molecule has 1 saturated carbocycles. The van der Waals surface area contributed by atoms with Crippen LogP contribution in [-0.4, -0.2) is 21.2 Å². The van der Waals surface area contributed by atoms with Gasteiger partial charge >= 0.3 is 0 Å². The quantitative estimate of drug-likeness (QED) is 0.876. The Morgan fingerprint density at radius 2 is 2.00 bits per heavy atom. The van der Waals surface area contributed by atoms with E-state index in [1.807, 2.05) is 37.4 Å². The molecule has 5 heteroatoms. The summed E-state index contributed by atoms with van der Waals surface area (Å²) in [5.41, 5.74) is 7.31. The molecular weight excluding hydrogens is 240 g/mol. The molecule has 1 aliphatic rings. The van der Waals surface area contributed by atoms with Crippen LogP contribution in [0.3, 0.4) is 0 Å². The molecule has 0 aliphatic heterocycles. The molecule has 2 aromatic rings. The van der Waals surface area contributed by atoms with Gasteiger partial charge in [-0.15, -0.1) is 0 Å². The van der Waals surface area contributed by atoms with Crippen LogP contribution in [0.5, 0.6) is 0 Å². The average molecular weight is 256 g/mol. The molecule has 5 nitrogen and oxygen atoms in total. The first-order valence-corrected chi connectivity index (χ1v) is 6.30. The van der Waals surface area contributed by atoms with E-state index in [2.05, 4.69) is 10.4 Å². The van der Waals surface area contributed by atoms with E-state index < -0.39 is 5.54 Å². The third kappa shape index (κ3) is 2.37. The second kappa shape index (κ2) is 4.20. The molecule has 3 rings (SSSR count). The van der Waals surface area contributed by atoms with Crippen molar-refractivity contribution in [2.45, 2.75) is 25.3 Å². The highest BCUT2D eigenvalue weighted by molar-refractivity contribution is 5.99. The number of nitrogens with one attached hydrogen (secondary N) is 1. The SMILES string of the molecule is Cc1ccc(-n2ccc(NC(=O)C3(N)CC3)n2)cc1. The Labute approximate surface area is 111 Å². The Kier molecular flexibility index (Phi) is 2.64. The van der Waals surface area contributed by atoms with Crippen LogP contribution in [0.2, 0.25) is 0 Å². The fourth-order valence-electron chi connectivity index (χ4n) is 1.83. The second-order valence-electron chi connectivity index (χ2n) is 5.09. The van der Waals surface area contributed by atoms with Gasteiger partial charge in [-0.3, -0.25) is 4.79 Å². The fourth-order valence-corrected chi connectivity index (χ4v) is 1.83. The molecule has 0 radical (unpaired) electrons. The summed E-state index contributed by atoms with van der Waals surface area (Å²) in [6, 6.07) is 9.78. The third-order valence-electron chi connectivity index (χ3n) is 3.37. The van der Waals surface area contributed by atoms with Gasteiger partial charge in [0.15, 0.2) is 5.82 Å². The number of nitrogens with two attached hydrogens (primary N) is 1. The maximum Gasteiger partial charge on any atom is 0.245 e. The summed E-state index contributed by atoms with van der Waals surface area (Å²) in [4.78, 5) is 11.8. The van der Waals surface area contributed by atoms with Gasteiger partial charge in [0.05, 0.1) is 11.2 Å². The van der Waals surface area contributed by atoms with Gasteiger partial charge in [-0.25, -0.2) is 4.68 Å². The number of aryl methyl sites for hydroxylation is 1. The number of rotatable bonds is 3. The predicted octanol–water partition coefficient (Wildman–Crippen LogP) is 1.61. The van der Waals surface area contributed by atoms with E-state index in [0.717, 1.165) is 18.5 Å². The topological polar surface area (TPSA) is 72.9 Å². The summed E-state index contributed by atoms with van der Waals surface area (Å²) >= 11 is 0. The molecule has 3 N–H and O–H groups in total. The number of amides is 1. The van der Waals surface area contributed by atoms with E-state index >= 15 is 0 Å². The van der Waals surface area contributed by atoms with Gasteiger partial charge in [0.2, 0.25) is 5.91 Å². The Morgan fingerprint density at radius 1 is 1.32 bits per heavy atom. The molecule has 1 fully saturated rings. The normalized spacial score (nSPS) is 16.1. The molecule has 0 bridgehead atoms. The van der Waals surface area contributed by atoms with Crippen LogP contribution in [0.1, 0.15) is 18.4 Å². The van der Waals surface area contributed by atoms with Gasteiger partial charge in [0.25, 0.3) is 0 Å². The van der Waals surface area contributed by atoms with E-state index in [1.54, 1.807) is 10.7 Å². The number of aromatic nitrogens is 2. The molecule has 0 spiro atoms. The molecule has 98 valence electrons. The Bertz CT molecular complexity index is 611. The number of nitrogens with zero attached hydrogens (tertiary/aromatic N) is 2. The van der Waals surface area contributed by atoms with Crippen LogP contribution in [0.25, 0.3) is 5.69 Å². The van der Waals surface area contributed by atoms with Crippen molar-refractivity contribution in [1.29, 1.82) is 0 Å². The first-order valence-electron chi connectivity index (χ1n) is 6.30. The predicted molar refractivity (Wildman–Crippen MR) is 73.1 cm³/mol. The van der Waals surface area contributed by atoms with Crippen molar-refractivity contribution >= 4 is 11.7 Å². The van der Waals surface area contributed by atoms with Crippen LogP contribution in [0.4, 0.5) is 5.82 Å². The number of hydrogen-bond donors (Lipinski definition) is 2. The monoisotopic (exact) mass is 256 g/mol. The van der Waals surface area contributed by atoms with Gasteiger partial charge in [-0.2, -0.15) is 5.10 Å². The van der Waals surface area contributed by atoms with Gasteiger partial charge < -0.3 is 11.1 Å². The van der Waals surface area contributed by atoms with Crippen LogP contribution in [-0.2, 0) is 4.79 Å². The number of carbonyl (C=O) groups is 1. The smallest absolute Gasteiger partial charge is 0.245 e. The van der Waals surface area contributed by atoms with Crippen LogP contribution >= 0.6 is 0 Å². The first-order chi connectivity index (χ1) is 9.07. The highest BCUT2D eigenvalue weighted by Gasteiger charge is 2.46. The van der Waals surface area contributed by atoms with Gasteiger partial charge in [0.1, 0.15) is 0 Å². The Morgan fingerprint density at radius 3 is 2.63 bits per heavy atom. The van der Waals surface area contributed by atoms with Crippen LogP contribution in [0, 0.1) is 6.92 Å². The average Bonchev–Trinajstić information content (AvgIpc) is 2.98. The van der Waals surface area contributed by atoms with Crippen molar-refractivity contribution in [2.75, 3.05) is 5.32 Å². The van der Waals surface area contributed by atoms with Crippen molar-refractivity contribution < 1.29 is 4.79 Å². The number of anilines is 1. The zero-order valence-corrected chi connectivity index (χ0v) is 10.8. The lowest BCUT2D eigenvalue weighted by atomic mass is 10.2. The number of benzene rings is 1. The lowest BCUT2D eigenvalue weighted by molar-refractivity contribution is -0.118. The van der Waals surface area contributed by atoms with Crippen molar-refractivity contribution in [1.82, 2.24) is 9.78 Å². The summed E-state index contributed by atoms with van der Waals surface area (Å²) < 4.78 is 1.73. The van der Waals surface area contributed by atoms with Gasteiger partial charge in [-0.1, -0.05) is 17.7 Å². The molecule has 1 aromatic heterocycles. The third-order valence-corrected chi connectivity index (χ3v) is 3.37.